The Kier molecular flexibility index (Phi) is 12.2. The fourth-order valence-electron chi connectivity index (χ4n) is 3.68. The van der Waals surface area contributed by atoms with E-state index in [4.69, 9.17) is 21.1 Å². The number of rotatable bonds is 9. The van der Waals surface area contributed by atoms with Gasteiger partial charge in [0.1, 0.15) is 12.4 Å². The van der Waals surface area contributed by atoms with E-state index in [2.05, 4.69) is 32.7 Å². The molecule has 0 radical (unpaired) electrons. The fourth-order valence-corrected chi connectivity index (χ4v) is 3.87. The Morgan fingerprint density at radius 3 is 2.47 bits per heavy atom. The normalized spacial score (nSPS) is 15.2. The summed E-state index contributed by atoms with van der Waals surface area (Å²) in [6.07, 6.45) is 2.21. The predicted octanol–water partition coefficient (Wildman–Crippen LogP) is 4.31. The Hall–Kier alpha value is -1.55. The summed E-state index contributed by atoms with van der Waals surface area (Å²) in [6, 6.07) is 16.2. The van der Waals surface area contributed by atoms with E-state index in [-0.39, 0.29) is 24.0 Å². The monoisotopic (exact) mass is 572 g/mol. The molecule has 2 aromatic carbocycles. The van der Waals surface area contributed by atoms with E-state index in [1.807, 2.05) is 43.4 Å². The van der Waals surface area contributed by atoms with Crippen LogP contribution in [-0.2, 0) is 17.9 Å². The van der Waals surface area contributed by atoms with Crippen molar-refractivity contribution in [2.45, 2.75) is 32.0 Å². The molecule has 1 heterocycles. The number of hydrogen-bond acceptors (Lipinski definition) is 4. The number of aliphatic imine (C=N–C) groups is 1. The third-order valence-electron chi connectivity index (χ3n) is 5.55. The van der Waals surface area contributed by atoms with Gasteiger partial charge in [-0.25, -0.2) is 0 Å². The van der Waals surface area contributed by atoms with Crippen LogP contribution < -0.4 is 15.4 Å². The van der Waals surface area contributed by atoms with Gasteiger partial charge in [-0.05, 0) is 36.1 Å². The van der Waals surface area contributed by atoms with Crippen molar-refractivity contribution in [3.63, 3.8) is 0 Å². The molecule has 1 aliphatic heterocycles. The molecule has 1 aliphatic rings. The highest BCUT2D eigenvalue weighted by Gasteiger charge is 2.19. The molecular weight excluding hydrogens is 539 g/mol. The van der Waals surface area contributed by atoms with Crippen LogP contribution in [0.1, 0.15) is 24.0 Å². The molecule has 0 atom stereocenters. The van der Waals surface area contributed by atoms with Crippen molar-refractivity contribution in [1.82, 2.24) is 15.5 Å². The van der Waals surface area contributed by atoms with Crippen molar-refractivity contribution in [1.29, 1.82) is 0 Å². The van der Waals surface area contributed by atoms with Gasteiger partial charge in [0.2, 0.25) is 0 Å². The molecule has 0 aliphatic carbocycles. The van der Waals surface area contributed by atoms with Crippen LogP contribution in [0.5, 0.6) is 5.75 Å². The second kappa shape index (κ2) is 14.6. The fraction of sp³-hybridized carbons (Fsp3) is 0.458. The van der Waals surface area contributed by atoms with Crippen LogP contribution in [0.15, 0.2) is 53.5 Å². The molecule has 1 fully saturated rings. The summed E-state index contributed by atoms with van der Waals surface area (Å²) in [7, 11) is 3.57. The summed E-state index contributed by atoms with van der Waals surface area (Å²) >= 11 is 6.21. The number of hydrogen-bond donors (Lipinski definition) is 2. The summed E-state index contributed by atoms with van der Waals surface area (Å²) in [5.74, 6) is 1.53. The molecule has 3 rings (SSSR count). The van der Waals surface area contributed by atoms with Gasteiger partial charge in [0.15, 0.2) is 5.96 Å². The molecule has 0 amide bonds. The smallest absolute Gasteiger partial charge is 0.191 e. The number of likely N-dealkylation sites (tertiary alicyclic amines) is 1. The molecule has 2 aromatic rings. The quantitative estimate of drug-likeness (QED) is 0.266. The van der Waals surface area contributed by atoms with Crippen molar-refractivity contribution >= 4 is 41.5 Å². The molecule has 0 spiro atoms. The lowest BCUT2D eigenvalue weighted by Gasteiger charge is -2.32. The Morgan fingerprint density at radius 2 is 1.78 bits per heavy atom. The molecule has 1 saturated heterocycles. The first kappa shape index (κ1) is 26.7. The Bertz CT molecular complexity index is 844. The lowest BCUT2D eigenvalue weighted by Crippen LogP contribution is -2.48. The van der Waals surface area contributed by atoms with Gasteiger partial charge in [0.25, 0.3) is 0 Å². The first-order valence-electron chi connectivity index (χ1n) is 10.8. The molecule has 2 N–H and O–H groups in total. The van der Waals surface area contributed by atoms with E-state index in [0.717, 1.165) is 50.6 Å². The highest BCUT2D eigenvalue weighted by atomic mass is 127. The maximum Gasteiger partial charge on any atom is 0.191 e. The average Bonchev–Trinajstić information content (AvgIpc) is 2.81. The number of nitrogens with one attached hydrogen (secondary N) is 2. The van der Waals surface area contributed by atoms with Crippen molar-refractivity contribution in [3.8, 4) is 5.75 Å². The molecular formula is C24H34ClIN4O2. The number of nitrogens with zero attached hydrogens (tertiary/aromatic N) is 2. The van der Waals surface area contributed by atoms with Gasteiger partial charge in [-0.1, -0.05) is 48.0 Å². The maximum absolute atomic E-state index is 6.21. The predicted molar refractivity (Wildman–Crippen MR) is 142 cm³/mol. The van der Waals surface area contributed by atoms with Crippen LogP contribution in [-0.4, -0.2) is 57.3 Å². The SMILES string of the molecule is CN=C(NCc1ccccc1COc1ccccc1Cl)NC1CCN(CCOC)CC1.I. The Morgan fingerprint density at radius 1 is 1.09 bits per heavy atom. The number of halogens is 2. The van der Waals surface area contributed by atoms with Gasteiger partial charge >= 0.3 is 0 Å². The second-order valence-corrected chi connectivity index (χ2v) is 8.07. The van der Waals surface area contributed by atoms with Gasteiger partial charge in [-0.15, -0.1) is 24.0 Å². The highest BCUT2D eigenvalue weighted by Crippen LogP contribution is 2.24. The Balaban J connectivity index is 0.00000363. The lowest BCUT2D eigenvalue weighted by molar-refractivity contribution is 0.128. The molecule has 0 aromatic heterocycles. The summed E-state index contributed by atoms with van der Waals surface area (Å²) in [4.78, 5) is 6.86. The molecule has 32 heavy (non-hydrogen) atoms. The summed E-state index contributed by atoms with van der Waals surface area (Å²) in [5, 5.41) is 7.64. The molecule has 0 unspecified atom stereocenters. The number of benzene rings is 2. The van der Waals surface area contributed by atoms with Crippen LogP contribution in [0.4, 0.5) is 0 Å². The van der Waals surface area contributed by atoms with E-state index in [9.17, 15) is 0 Å². The molecule has 8 heteroatoms. The Labute approximate surface area is 213 Å². The molecule has 0 bridgehead atoms. The number of methoxy groups -OCH3 is 1. The van der Waals surface area contributed by atoms with E-state index < -0.39 is 0 Å². The number of ether oxygens (including phenoxy) is 2. The van der Waals surface area contributed by atoms with Crippen molar-refractivity contribution in [3.05, 3.63) is 64.7 Å². The highest BCUT2D eigenvalue weighted by molar-refractivity contribution is 14.0. The summed E-state index contributed by atoms with van der Waals surface area (Å²) in [5.41, 5.74) is 2.30. The number of guanidine groups is 1. The molecule has 176 valence electrons. The van der Waals surface area contributed by atoms with Gasteiger partial charge in [0.05, 0.1) is 11.6 Å². The minimum Gasteiger partial charge on any atom is -0.487 e. The van der Waals surface area contributed by atoms with E-state index in [0.29, 0.717) is 30.0 Å². The maximum atomic E-state index is 6.21. The minimum absolute atomic E-state index is 0. The van der Waals surface area contributed by atoms with Gasteiger partial charge in [0, 0.05) is 46.4 Å². The third kappa shape index (κ3) is 8.42. The van der Waals surface area contributed by atoms with Gasteiger partial charge < -0.3 is 25.0 Å². The van der Waals surface area contributed by atoms with Gasteiger partial charge in [-0.2, -0.15) is 0 Å². The van der Waals surface area contributed by atoms with Crippen molar-refractivity contribution in [2.24, 2.45) is 4.99 Å². The van der Waals surface area contributed by atoms with Crippen molar-refractivity contribution < 1.29 is 9.47 Å². The molecule has 6 nitrogen and oxygen atoms in total. The van der Waals surface area contributed by atoms with Crippen LogP contribution in [0.25, 0.3) is 0 Å². The second-order valence-electron chi connectivity index (χ2n) is 7.67. The molecule has 0 saturated carbocycles. The van der Waals surface area contributed by atoms with Crippen LogP contribution in [0.3, 0.4) is 0 Å². The van der Waals surface area contributed by atoms with Crippen LogP contribution >= 0.6 is 35.6 Å². The summed E-state index contributed by atoms with van der Waals surface area (Å²) in [6.45, 7) is 5.10. The largest absolute Gasteiger partial charge is 0.487 e. The minimum atomic E-state index is 0. The number of para-hydroxylation sites is 1. The lowest BCUT2D eigenvalue weighted by atomic mass is 10.1. The average molecular weight is 573 g/mol. The van der Waals surface area contributed by atoms with Crippen LogP contribution in [0, 0.1) is 0 Å². The zero-order chi connectivity index (χ0) is 21.9. The first-order valence-corrected chi connectivity index (χ1v) is 11.2. The standard InChI is InChI=1S/C24H33ClN4O2.HI/c1-26-24(28-21-11-13-29(14-12-21)15-16-30-2)27-17-19-7-3-4-8-20(19)18-31-23-10-6-5-9-22(23)25;/h3-10,21H,11-18H2,1-2H3,(H2,26,27,28);1H. The zero-order valence-electron chi connectivity index (χ0n) is 18.9. The first-order chi connectivity index (χ1) is 15.2. The summed E-state index contributed by atoms with van der Waals surface area (Å²) < 4.78 is 11.1. The van der Waals surface area contributed by atoms with E-state index >= 15 is 0 Å². The van der Waals surface area contributed by atoms with Crippen molar-refractivity contribution in [2.75, 3.05) is 40.4 Å². The topological polar surface area (TPSA) is 58.1 Å². The number of piperidine rings is 1. The third-order valence-corrected chi connectivity index (χ3v) is 5.86. The van der Waals surface area contributed by atoms with E-state index in [1.54, 1.807) is 7.11 Å². The zero-order valence-corrected chi connectivity index (χ0v) is 21.9. The van der Waals surface area contributed by atoms with E-state index in [1.165, 1.54) is 5.56 Å². The van der Waals surface area contributed by atoms with Crippen LogP contribution in [0.2, 0.25) is 5.02 Å². The van der Waals surface area contributed by atoms with Gasteiger partial charge in [-0.3, -0.25) is 4.99 Å².